The van der Waals surface area contributed by atoms with Crippen LogP contribution in [0.1, 0.15) is 11.1 Å². The third kappa shape index (κ3) is 2.46. The van der Waals surface area contributed by atoms with Crippen molar-refractivity contribution in [2.24, 2.45) is 0 Å². The normalized spacial score (nSPS) is 10.6. The third-order valence-electron chi connectivity index (χ3n) is 2.61. The van der Waals surface area contributed by atoms with Crippen LogP contribution in [0.3, 0.4) is 0 Å². The molecule has 1 heterocycles. The van der Waals surface area contributed by atoms with Crippen molar-refractivity contribution in [1.29, 1.82) is 0 Å². The average molecular weight is 251 g/mol. The minimum atomic E-state index is -0.870. The zero-order valence-corrected chi connectivity index (χ0v) is 9.44. The van der Waals surface area contributed by atoms with Crippen molar-refractivity contribution in [2.45, 2.75) is 13.2 Å². The highest BCUT2D eigenvalue weighted by Gasteiger charge is 2.07. The van der Waals surface area contributed by atoms with E-state index in [2.05, 4.69) is 0 Å². The predicted molar refractivity (Wildman–Crippen MR) is 62.1 cm³/mol. The Bertz CT molecular complexity index is 623. The number of benzene rings is 1. The van der Waals surface area contributed by atoms with Crippen LogP contribution in [-0.2, 0) is 13.2 Å². The van der Waals surface area contributed by atoms with Gasteiger partial charge in [0.1, 0.15) is 5.82 Å². The van der Waals surface area contributed by atoms with Crippen molar-refractivity contribution in [1.82, 2.24) is 4.57 Å². The van der Waals surface area contributed by atoms with Crippen LogP contribution in [0.4, 0.5) is 8.78 Å². The molecule has 1 aromatic carbocycles. The molecule has 3 nitrogen and oxygen atoms in total. The first-order chi connectivity index (χ1) is 8.61. The van der Waals surface area contributed by atoms with Crippen LogP contribution in [0.2, 0.25) is 0 Å². The molecule has 0 fully saturated rings. The van der Waals surface area contributed by atoms with Crippen LogP contribution in [0.25, 0.3) is 0 Å². The number of hydrogen-bond donors (Lipinski definition) is 1. The van der Waals surface area contributed by atoms with Crippen LogP contribution >= 0.6 is 0 Å². The molecule has 0 saturated carbocycles. The Labute approximate surface area is 102 Å². The summed E-state index contributed by atoms with van der Waals surface area (Å²) < 4.78 is 27.8. The van der Waals surface area contributed by atoms with Crippen LogP contribution in [-0.4, -0.2) is 9.67 Å². The minimum absolute atomic E-state index is 0.0475. The van der Waals surface area contributed by atoms with Gasteiger partial charge in [0.05, 0.1) is 13.2 Å². The van der Waals surface area contributed by atoms with Gasteiger partial charge in [-0.3, -0.25) is 4.79 Å². The summed E-state index contributed by atoms with van der Waals surface area (Å²) in [6, 6.07) is 6.67. The Kier molecular flexibility index (Phi) is 3.53. The number of hydrogen-bond acceptors (Lipinski definition) is 2. The van der Waals surface area contributed by atoms with Gasteiger partial charge >= 0.3 is 0 Å². The summed E-state index contributed by atoms with van der Waals surface area (Å²) in [5.74, 6) is -1.40. The van der Waals surface area contributed by atoms with Crippen molar-refractivity contribution in [3.8, 4) is 0 Å². The summed E-state index contributed by atoms with van der Waals surface area (Å²) in [6.45, 7) is -0.300. The Morgan fingerprint density at radius 2 is 1.94 bits per heavy atom. The molecule has 2 rings (SSSR count). The van der Waals surface area contributed by atoms with Crippen molar-refractivity contribution >= 4 is 0 Å². The Balaban J connectivity index is 2.34. The van der Waals surface area contributed by atoms with Crippen LogP contribution in [0, 0.1) is 11.6 Å². The van der Waals surface area contributed by atoms with Gasteiger partial charge < -0.3 is 9.67 Å². The highest BCUT2D eigenvalue weighted by atomic mass is 19.1. The third-order valence-corrected chi connectivity index (χ3v) is 2.61. The van der Waals surface area contributed by atoms with Gasteiger partial charge in [-0.25, -0.2) is 8.78 Å². The molecular weight excluding hydrogens is 240 g/mol. The Hall–Kier alpha value is -2.01. The first kappa shape index (κ1) is 12.4. The molecule has 1 aromatic heterocycles. The van der Waals surface area contributed by atoms with Crippen molar-refractivity contribution in [2.75, 3.05) is 0 Å². The molecule has 94 valence electrons. The second-order valence-electron chi connectivity index (χ2n) is 3.87. The lowest BCUT2D eigenvalue weighted by molar-refractivity contribution is 0.281. The van der Waals surface area contributed by atoms with Gasteiger partial charge in [0.25, 0.3) is 5.56 Å². The number of aromatic nitrogens is 1. The minimum Gasteiger partial charge on any atom is -0.392 e. The van der Waals surface area contributed by atoms with E-state index >= 15 is 0 Å². The van der Waals surface area contributed by atoms with Crippen molar-refractivity contribution in [3.05, 3.63) is 69.6 Å². The van der Waals surface area contributed by atoms with E-state index < -0.39 is 17.2 Å². The first-order valence-corrected chi connectivity index (χ1v) is 5.35. The quantitative estimate of drug-likeness (QED) is 0.901. The molecule has 0 aliphatic carbocycles. The van der Waals surface area contributed by atoms with Gasteiger partial charge in [-0.15, -0.1) is 0 Å². The lowest BCUT2D eigenvalue weighted by atomic mass is 10.1. The fourth-order valence-electron chi connectivity index (χ4n) is 1.63. The maximum Gasteiger partial charge on any atom is 0.286 e. The number of rotatable bonds is 3. The molecule has 0 aliphatic heterocycles. The first-order valence-electron chi connectivity index (χ1n) is 5.35. The largest absolute Gasteiger partial charge is 0.392 e. The number of halogens is 2. The van der Waals surface area contributed by atoms with E-state index in [0.29, 0.717) is 5.56 Å². The number of pyridine rings is 1. The maximum absolute atomic E-state index is 13.6. The molecule has 0 amide bonds. The Morgan fingerprint density at radius 1 is 1.17 bits per heavy atom. The van der Waals surface area contributed by atoms with E-state index in [4.69, 9.17) is 5.11 Å². The molecule has 0 aliphatic rings. The van der Waals surface area contributed by atoms with E-state index in [1.165, 1.54) is 24.4 Å². The molecular formula is C13H11F2NO2. The Morgan fingerprint density at radius 3 is 2.61 bits per heavy atom. The van der Waals surface area contributed by atoms with Gasteiger partial charge in [0.15, 0.2) is 5.82 Å². The monoisotopic (exact) mass is 251 g/mol. The summed E-state index contributed by atoms with van der Waals surface area (Å²) in [4.78, 5) is 11.4. The zero-order chi connectivity index (χ0) is 13.1. The average Bonchev–Trinajstić information content (AvgIpc) is 2.37. The number of aliphatic hydroxyl groups excluding tert-OH is 1. The molecule has 0 spiro atoms. The van der Waals surface area contributed by atoms with E-state index in [1.54, 1.807) is 6.07 Å². The molecule has 2 aromatic rings. The standard InChI is InChI=1S/C13H11F2NO2/c14-11-2-1-5-16(13(11)18)7-10-4-3-9(8-17)6-12(10)15/h1-6,17H,7-8H2. The maximum atomic E-state index is 13.6. The smallest absolute Gasteiger partial charge is 0.286 e. The second-order valence-corrected chi connectivity index (χ2v) is 3.87. The second kappa shape index (κ2) is 5.10. The topological polar surface area (TPSA) is 42.2 Å². The van der Waals surface area contributed by atoms with E-state index in [-0.39, 0.29) is 18.7 Å². The van der Waals surface area contributed by atoms with Gasteiger partial charge in [-0.1, -0.05) is 12.1 Å². The van der Waals surface area contributed by atoms with E-state index in [0.717, 1.165) is 10.6 Å². The van der Waals surface area contributed by atoms with Crippen molar-refractivity contribution < 1.29 is 13.9 Å². The summed E-state index contributed by atoms with van der Waals surface area (Å²) in [6.07, 6.45) is 1.39. The number of aliphatic hydroxyl groups is 1. The molecule has 0 atom stereocenters. The molecule has 1 N–H and O–H groups in total. The van der Waals surface area contributed by atoms with Gasteiger partial charge in [-0.05, 0) is 23.8 Å². The summed E-state index contributed by atoms with van der Waals surface area (Å²) in [5.41, 5.74) is -0.0779. The predicted octanol–water partition coefficient (Wildman–Crippen LogP) is 1.67. The van der Waals surface area contributed by atoms with E-state index in [1.807, 2.05) is 0 Å². The van der Waals surface area contributed by atoms with E-state index in [9.17, 15) is 13.6 Å². The van der Waals surface area contributed by atoms with Gasteiger partial charge in [-0.2, -0.15) is 0 Å². The summed E-state index contributed by atoms with van der Waals surface area (Å²) in [5, 5.41) is 8.85. The number of nitrogens with zero attached hydrogens (tertiary/aromatic N) is 1. The van der Waals surface area contributed by atoms with Gasteiger partial charge in [0, 0.05) is 11.8 Å². The van der Waals surface area contributed by atoms with Crippen molar-refractivity contribution in [3.63, 3.8) is 0 Å². The van der Waals surface area contributed by atoms with Gasteiger partial charge in [0.2, 0.25) is 0 Å². The molecule has 0 saturated heterocycles. The highest BCUT2D eigenvalue weighted by molar-refractivity contribution is 5.24. The fraction of sp³-hybridized carbons (Fsp3) is 0.154. The van der Waals surface area contributed by atoms with Crippen LogP contribution in [0.5, 0.6) is 0 Å². The SMILES string of the molecule is O=c1c(F)cccn1Cc1ccc(CO)cc1F. The molecule has 0 radical (unpaired) electrons. The summed E-state index contributed by atoms with van der Waals surface area (Å²) in [7, 11) is 0. The van der Waals surface area contributed by atoms with Crippen LogP contribution in [0.15, 0.2) is 41.3 Å². The molecule has 18 heavy (non-hydrogen) atoms. The zero-order valence-electron chi connectivity index (χ0n) is 9.44. The molecule has 0 unspecified atom stereocenters. The summed E-state index contributed by atoms with van der Waals surface area (Å²) >= 11 is 0. The lowest BCUT2D eigenvalue weighted by Crippen LogP contribution is -2.22. The van der Waals surface area contributed by atoms with Crippen LogP contribution < -0.4 is 5.56 Å². The lowest BCUT2D eigenvalue weighted by Gasteiger charge is -2.07. The molecule has 5 heteroatoms. The fourth-order valence-corrected chi connectivity index (χ4v) is 1.63. The molecule has 0 bridgehead atoms. The highest BCUT2D eigenvalue weighted by Crippen LogP contribution is 2.11.